The zero-order valence-corrected chi connectivity index (χ0v) is 7.94. The molecule has 1 aromatic rings. The Kier molecular flexibility index (Phi) is 3.28. The average molecular weight is 181 g/mol. The van der Waals surface area contributed by atoms with Gasteiger partial charge >= 0.3 is 0 Å². The van der Waals surface area contributed by atoms with Crippen LogP contribution < -0.4 is 0 Å². The molecular formula is C10H15NO2. The number of phenolic OH excluding ortho intramolecular Hbond substituents is 1. The van der Waals surface area contributed by atoms with Gasteiger partial charge in [0.25, 0.3) is 0 Å². The Morgan fingerprint density at radius 1 is 1.23 bits per heavy atom. The maximum atomic E-state index is 9.42. The monoisotopic (exact) mass is 181 g/mol. The minimum atomic E-state index is 0.105. The van der Waals surface area contributed by atoms with Gasteiger partial charge < -0.3 is 10.3 Å². The van der Waals surface area contributed by atoms with Crippen LogP contribution in [0.5, 0.6) is 5.75 Å². The van der Waals surface area contributed by atoms with Gasteiger partial charge in [-0.05, 0) is 31.5 Å². The molecular weight excluding hydrogens is 166 g/mol. The fourth-order valence-corrected chi connectivity index (χ4v) is 0.971. The molecule has 0 unspecified atom stereocenters. The Bertz CT molecular complexity index is 256. The highest BCUT2D eigenvalue weighted by molar-refractivity contribution is 5.25. The van der Waals surface area contributed by atoms with Gasteiger partial charge in [-0.3, -0.25) is 0 Å². The van der Waals surface area contributed by atoms with Crippen molar-refractivity contribution in [3.8, 4) is 5.75 Å². The van der Waals surface area contributed by atoms with Crippen molar-refractivity contribution in [3.63, 3.8) is 0 Å². The lowest BCUT2D eigenvalue weighted by atomic mass is 10.2. The van der Waals surface area contributed by atoms with Crippen LogP contribution in [0.3, 0.4) is 0 Å². The van der Waals surface area contributed by atoms with E-state index in [1.807, 2.05) is 13.8 Å². The molecule has 0 aromatic heterocycles. The standard InChI is InChI=1S/C10H15NO2/c1-8(2)11(13)7-9-3-5-10(12)6-4-9/h3-6,8,12-13H,7H2,1-2H3. The second-order valence-electron chi connectivity index (χ2n) is 3.36. The minimum Gasteiger partial charge on any atom is -0.508 e. The van der Waals surface area contributed by atoms with Gasteiger partial charge in [-0.1, -0.05) is 12.1 Å². The molecule has 0 atom stereocenters. The zero-order chi connectivity index (χ0) is 9.84. The first-order chi connectivity index (χ1) is 6.09. The van der Waals surface area contributed by atoms with Crippen LogP contribution in [0.4, 0.5) is 0 Å². The second-order valence-corrected chi connectivity index (χ2v) is 3.36. The Hall–Kier alpha value is -1.06. The number of aromatic hydroxyl groups is 1. The molecule has 0 aliphatic heterocycles. The molecule has 0 aliphatic rings. The summed E-state index contributed by atoms with van der Waals surface area (Å²) in [5.74, 6) is 0.248. The van der Waals surface area contributed by atoms with E-state index in [9.17, 15) is 5.21 Å². The number of benzene rings is 1. The second kappa shape index (κ2) is 4.25. The summed E-state index contributed by atoms with van der Waals surface area (Å²) >= 11 is 0. The molecule has 0 spiro atoms. The molecule has 0 amide bonds. The van der Waals surface area contributed by atoms with E-state index in [-0.39, 0.29) is 11.8 Å². The molecule has 2 N–H and O–H groups in total. The van der Waals surface area contributed by atoms with E-state index in [0.29, 0.717) is 6.54 Å². The Balaban J connectivity index is 2.59. The molecule has 0 radical (unpaired) electrons. The molecule has 0 aliphatic carbocycles. The van der Waals surface area contributed by atoms with Crippen molar-refractivity contribution in [1.29, 1.82) is 0 Å². The zero-order valence-electron chi connectivity index (χ0n) is 7.94. The molecule has 0 fully saturated rings. The highest BCUT2D eigenvalue weighted by atomic mass is 16.5. The first-order valence-corrected chi connectivity index (χ1v) is 4.33. The van der Waals surface area contributed by atoms with E-state index in [1.54, 1.807) is 24.3 Å². The molecule has 0 saturated heterocycles. The van der Waals surface area contributed by atoms with Gasteiger partial charge in [0, 0.05) is 12.6 Å². The van der Waals surface area contributed by atoms with Crippen molar-refractivity contribution < 1.29 is 10.3 Å². The van der Waals surface area contributed by atoms with Gasteiger partial charge in [0.05, 0.1) is 0 Å². The summed E-state index contributed by atoms with van der Waals surface area (Å²) in [6, 6.07) is 6.92. The summed E-state index contributed by atoms with van der Waals surface area (Å²) in [6.07, 6.45) is 0. The lowest BCUT2D eigenvalue weighted by molar-refractivity contribution is -0.125. The fourth-order valence-electron chi connectivity index (χ4n) is 0.971. The molecule has 1 rings (SSSR count). The third kappa shape index (κ3) is 3.05. The highest BCUT2D eigenvalue weighted by Gasteiger charge is 2.05. The Morgan fingerprint density at radius 3 is 2.23 bits per heavy atom. The van der Waals surface area contributed by atoms with E-state index >= 15 is 0 Å². The van der Waals surface area contributed by atoms with Gasteiger partial charge in [0.1, 0.15) is 5.75 Å². The minimum absolute atomic E-state index is 0.105. The van der Waals surface area contributed by atoms with Crippen LogP contribution in [-0.2, 0) is 6.54 Å². The van der Waals surface area contributed by atoms with Crippen molar-refractivity contribution in [1.82, 2.24) is 5.06 Å². The molecule has 0 bridgehead atoms. The SMILES string of the molecule is CC(C)N(O)Cc1ccc(O)cc1. The van der Waals surface area contributed by atoms with Gasteiger partial charge in [0.2, 0.25) is 0 Å². The molecule has 3 nitrogen and oxygen atoms in total. The number of nitrogens with zero attached hydrogens (tertiary/aromatic N) is 1. The first kappa shape index (κ1) is 10.0. The summed E-state index contributed by atoms with van der Waals surface area (Å²) in [6.45, 7) is 4.32. The molecule has 0 heterocycles. The van der Waals surface area contributed by atoms with E-state index in [0.717, 1.165) is 5.56 Å². The van der Waals surface area contributed by atoms with E-state index in [1.165, 1.54) is 5.06 Å². The lowest BCUT2D eigenvalue weighted by Gasteiger charge is -2.18. The summed E-state index contributed by atoms with van der Waals surface area (Å²) in [4.78, 5) is 0. The quantitative estimate of drug-likeness (QED) is 0.701. The summed E-state index contributed by atoms with van der Waals surface area (Å²) in [5, 5.41) is 19.7. The molecule has 1 aromatic carbocycles. The third-order valence-electron chi connectivity index (χ3n) is 1.88. The molecule has 13 heavy (non-hydrogen) atoms. The predicted octanol–water partition coefficient (Wildman–Crippen LogP) is 1.99. The fraction of sp³-hybridized carbons (Fsp3) is 0.400. The van der Waals surface area contributed by atoms with Crippen LogP contribution in [0, 0.1) is 0 Å². The summed E-state index contributed by atoms with van der Waals surface area (Å²) in [7, 11) is 0. The van der Waals surface area contributed by atoms with E-state index in [4.69, 9.17) is 5.11 Å². The third-order valence-corrected chi connectivity index (χ3v) is 1.88. The van der Waals surface area contributed by atoms with Gasteiger partial charge in [0.15, 0.2) is 0 Å². The smallest absolute Gasteiger partial charge is 0.115 e. The maximum Gasteiger partial charge on any atom is 0.115 e. The van der Waals surface area contributed by atoms with Crippen molar-refractivity contribution >= 4 is 0 Å². The van der Waals surface area contributed by atoms with Crippen LogP contribution in [0.1, 0.15) is 19.4 Å². The number of phenols is 1. The van der Waals surface area contributed by atoms with Crippen LogP contribution in [-0.4, -0.2) is 21.4 Å². The van der Waals surface area contributed by atoms with Crippen LogP contribution in [0.2, 0.25) is 0 Å². The number of hydrogen-bond donors (Lipinski definition) is 2. The van der Waals surface area contributed by atoms with Crippen molar-refractivity contribution in [2.45, 2.75) is 26.4 Å². The lowest BCUT2D eigenvalue weighted by Crippen LogP contribution is -2.26. The molecule has 0 saturated carbocycles. The number of rotatable bonds is 3. The highest BCUT2D eigenvalue weighted by Crippen LogP contribution is 2.11. The number of hydroxylamine groups is 2. The maximum absolute atomic E-state index is 9.42. The van der Waals surface area contributed by atoms with Gasteiger partial charge in [-0.2, -0.15) is 5.06 Å². The van der Waals surface area contributed by atoms with Gasteiger partial charge in [-0.25, -0.2) is 0 Å². The summed E-state index contributed by atoms with van der Waals surface area (Å²) in [5.41, 5.74) is 0.981. The van der Waals surface area contributed by atoms with Crippen LogP contribution in [0.15, 0.2) is 24.3 Å². The first-order valence-electron chi connectivity index (χ1n) is 4.33. The Morgan fingerprint density at radius 2 is 1.77 bits per heavy atom. The van der Waals surface area contributed by atoms with E-state index in [2.05, 4.69) is 0 Å². The average Bonchev–Trinajstić information content (AvgIpc) is 2.08. The van der Waals surface area contributed by atoms with Crippen molar-refractivity contribution in [3.05, 3.63) is 29.8 Å². The largest absolute Gasteiger partial charge is 0.508 e. The topological polar surface area (TPSA) is 43.7 Å². The van der Waals surface area contributed by atoms with Crippen LogP contribution >= 0.6 is 0 Å². The van der Waals surface area contributed by atoms with Crippen molar-refractivity contribution in [2.24, 2.45) is 0 Å². The van der Waals surface area contributed by atoms with Crippen molar-refractivity contribution in [2.75, 3.05) is 0 Å². The molecule has 3 heteroatoms. The number of hydrogen-bond acceptors (Lipinski definition) is 3. The summed E-state index contributed by atoms with van der Waals surface area (Å²) < 4.78 is 0. The normalized spacial score (nSPS) is 11.2. The molecule has 72 valence electrons. The van der Waals surface area contributed by atoms with E-state index < -0.39 is 0 Å². The Labute approximate surface area is 78.2 Å². The van der Waals surface area contributed by atoms with Crippen LogP contribution in [0.25, 0.3) is 0 Å². The predicted molar refractivity (Wildman–Crippen MR) is 50.6 cm³/mol. The van der Waals surface area contributed by atoms with Gasteiger partial charge in [-0.15, -0.1) is 0 Å².